The van der Waals surface area contributed by atoms with Crippen molar-refractivity contribution in [2.24, 2.45) is 0 Å². The molecular formula is C23H25N3O. The molecule has 1 unspecified atom stereocenters. The fourth-order valence-corrected chi connectivity index (χ4v) is 5.03. The van der Waals surface area contributed by atoms with Crippen LogP contribution in [0.25, 0.3) is 11.4 Å². The van der Waals surface area contributed by atoms with E-state index in [1.807, 2.05) is 30.3 Å². The Kier molecular flexibility index (Phi) is 4.09. The van der Waals surface area contributed by atoms with E-state index in [-0.39, 0.29) is 5.92 Å². The van der Waals surface area contributed by atoms with Crippen LogP contribution in [-0.2, 0) is 0 Å². The quantitative estimate of drug-likeness (QED) is 0.675. The molecule has 4 heteroatoms. The van der Waals surface area contributed by atoms with E-state index in [9.17, 15) is 0 Å². The molecule has 138 valence electrons. The van der Waals surface area contributed by atoms with Crippen LogP contribution in [0.5, 0.6) is 0 Å². The molecule has 27 heavy (non-hydrogen) atoms. The second kappa shape index (κ2) is 6.61. The summed E-state index contributed by atoms with van der Waals surface area (Å²) in [5.74, 6) is 2.16. The molecule has 0 radical (unpaired) electrons. The van der Waals surface area contributed by atoms with E-state index >= 15 is 0 Å². The maximum atomic E-state index is 5.85. The summed E-state index contributed by atoms with van der Waals surface area (Å²) in [6, 6.07) is 20.2. The van der Waals surface area contributed by atoms with Crippen molar-refractivity contribution in [3.63, 3.8) is 0 Å². The Bertz CT molecular complexity index is 918. The van der Waals surface area contributed by atoms with E-state index in [4.69, 9.17) is 9.51 Å². The van der Waals surface area contributed by atoms with Crippen molar-refractivity contribution in [2.45, 2.75) is 50.1 Å². The third kappa shape index (κ3) is 2.88. The lowest BCUT2D eigenvalue weighted by molar-refractivity contribution is 0.120. The van der Waals surface area contributed by atoms with E-state index in [2.05, 4.69) is 48.3 Å². The molecule has 0 spiro atoms. The molecule has 2 aliphatic heterocycles. The van der Waals surface area contributed by atoms with E-state index in [0.717, 1.165) is 17.9 Å². The molecule has 5 rings (SSSR count). The fraction of sp³-hybridized carbons (Fsp3) is 0.391. The van der Waals surface area contributed by atoms with Gasteiger partial charge in [-0.1, -0.05) is 65.3 Å². The Balaban J connectivity index is 1.54. The second-order valence-electron chi connectivity index (χ2n) is 8.06. The molecule has 4 atom stereocenters. The first kappa shape index (κ1) is 16.7. The van der Waals surface area contributed by atoms with Crippen LogP contribution >= 0.6 is 0 Å². The predicted molar refractivity (Wildman–Crippen MR) is 106 cm³/mol. The standard InChI is InChI=1S/C23H25N3O/c1-15-8-10-16(11-9-15)19-14-18-12-13-20(26(18)2)21(19)23-24-22(25-27-23)17-6-4-3-5-7-17/h3-11,18-21H,12-14H2,1-2H3/t18-,19-,20?,21-/m1/s1. The van der Waals surface area contributed by atoms with Crippen LogP contribution in [0, 0.1) is 6.92 Å². The van der Waals surface area contributed by atoms with Crippen LogP contribution in [0.4, 0.5) is 0 Å². The zero-order valence-electron chi connectivity index (χ0n) is 15.9. The predicted octanol–water partition coefficient (Wildman–Crippen LogP) is 4.78. The summed E-state index contributed by atoms with van der Waals surface area (Å²) in [7, 11) is 2.26. The third-order valence-corrected chi connectivity index (χ3v) is 6.53. The normalized spacial score (nSPS) is 27.8. The molecule has 0 saturated carbocycles. The van der Waals surface area contributed by atoms with Gasteiger partial charge in [-0.2, -0.15) is 4.98 Å². The van der Waals surface area contributed by atoms with Gasteiger partial charge >= 0.3 is 0 Å². The molecule has 3 heterocycles. The first-order chi connectivity index (χ1) is 13.2. The molecule has 4 nitrogen and oxygen atoms in total. The number of hydrogen-bond donors (Lipinski definition) is 0. The number of fused-ring (bicyclic) bond motifs is 2. The van der Waals surface area contributed by atoms with Gasteiger partial charge in [0.1, 0.15) is 0 Å². The topological polar surface area (TPSA) is 42.2 Å². The van der Waals surface area contributed by atoms with Crippen molar-refractivity contribution >= 4 is 0 Å². The number of rotatable bonds is 3. The lowest BCUT2D eigenvalue weighted by Crippen LogP contribution is -2.44. The van der Waals surface area contributed by atoms with E-state index in [1.165, 1.54) is 24.0 Å². The smallest absolute Gasteiger partial charge is 0.232 e. The third-order valence-electron chi connectivity index (χ3n) is 6.53. The number of aromatic nitrogens is 2. The van der Waals surface area contributed by atoms with Crippen molar-refractivity contribution < 1.29 is 4.52 Å². The summed E-state index contributed by atoms with van der Waals surface area (Å²) in [5.41, 5.74) is 3.71. The zero-order chi connectivity index (χ0) is 18.4. The molecule has 0 amide bonds. The molecule has 0 N–H and O–H groups in total. The van der Waals surface area contributed by atoms with Gasteiger partial charge in [-0.25, -0.2) is 0 Å². The second-order valence-corrected chi connectivity index (χ2v) is 8.06. The molecule has 2 fully saturated rings. The van der Waals surface area contributed by atoms with Gasteiger partial charge in [0.25, 0.3) is 0 Å². The highest BCUT2D eigenvalue weighted by molar-refractivity contribution is 5.53. The van der Waals surface area contributed by atoms with Crippen LogP contribution in [0.15, 0.2) is 59.1 Å². The SMILES string of the molecule is Cc1ccc([C@H]2C[C@H]3CCC([C@@H]2c2nc(-c4ccccc4)no2)N3C)cc1. The van der Waals surface area contributed by atoms with Crippen LogP contribution < -0.4 is 0 Å². The highest BCUT2D eigenvalue weighted by Gasteiger charge is 2.48. The molecule has 2 saturated heterocycles. The van der Waals surface area contributed by atoms with Gasteiger partial charge in [0, 0.05) is 17.6 Å². The molecule has 2 bridgehead atoms. The minimum atomic E-state index is 0.251. The number of hydrogen-bond acceptors (Lipinski definition) is 4. The molecular weight excluding hydrogens is 334 g/mol. The average molecular weight is 359 g/mol. The van der Waals surface area contributed by atoms with Crippen LogP contribution in [0.2, 0.25) is 0 Å². The summed E-state index contributed by atoms with van der Waals surface area (Å²) in [6.07, 6.45) is 3.63. The summed E-state index contributed by atoms with van der Waals surface area (Å²) in [6.45, 7) is 2.14. The Morgan fingerprint density at radius 2 is 1.78 bits per heavy atom. The summed E-state index contributed by atoms with van der Waals surface area (Å²) < 4.78 is 5.85. The highest BCUT2D eigenvalue weighted by Crippen LogP contribution is 2.50. The number of benzene rings is 2. The van der Waals surface area contributed by atoms with Gasteiger partial charge in [0.05, 0.1) is 5.92 Å². The summed E-state index contributed by atoms with van der Waals surface area (Å²) in [5, 5.41) is 4.31. The maximum Gasteiger partial charge on any atom is 0.232 e. The maximum absolute atomic E-state index is 5.85. The Morgan fingerprint density at radius 3 is 2.56 bits per heavy atom. The molecule has 1 aromatic heterocycles. The van der Waals surface area contributed by atoms with E-state index in [1.54, 1.807) is 0 Å². The van der Waals surface area contributed by atoms with Crippen LogP contribution in [0.1, 0.15) is 48.1 Å². The van der Waals surface area contributed by atoms with Gasteiger partial charge in [-0.05, 0) is 44.7 Å². The Labute approximate surface area is 160 Å². The van der Waals surface area contributed by atoms with Gasteiger partial charge < -0.3 is 4.52 Å². The lowest BCUT2D eigenvalue weighted by Gasteiger charge is -2.41. The highest BCUT2D eigenvalue weighted by atomic mass is 16.5. The number of nitrogens with zero attached hydrogens (tertiary/aromatic N) is 3. The first-order valence-corrected chi connectivity index (χ1v) is 9.88. The van der Waals surface area contributed by atoms with Gasteiger partial charge in [0.2, 0.25) is 11.7 Å². The molecule has 3 aromatic rings. The number of piperidine rings is 1. The summed E-state index contributed by atoms with van der Waals surface area (Å²) >= 11 is 0. The Morgan fingerprint density at radius 1 is 1.00 bits per heavy atom. The number of likely N-dealkylation sites (N-methyl/N-ethyl adjacent to an activating group) is 1. The van der Waals surface area contributed by atoms with Crippen molar-refractivity contribution in [3.05, 3.63) is 71.6 Å². The van der Waals surface area contributed by atoms with Crippen molar-refractivity contribution in [3.8, 4) is 11.4 Å². The minimum Gasteiger partial charge on any atom is -0.339 e. The average Bonchev–Trinajstić information content (AvgIpc) is 3.26. The van der Waals surface area contributed by atoms with E-state index in [0.29, 0.717) is 23.8 Å². The van der Waals surface area contributed by atoms with E-state index < -0.39 is 0 Å². The minimum absolute atomic E-state index is 0.251. The van der Waals surface area contributed by atoms with Crippen molar-refractivity contribution in [1.29, 1.82) is 0 Å². The molecule has 2 aliphatic rings. The van der Waals surface area contributed by atoms with Gasteiger partial charge in [-0.3, -0.25) is 4.90 Å². The Hall–Kier alpha value is -2.46. The largest absolute Gasteiger partial charge is 0.339 e. The summed E-state index contributed by atoms with van der Waals surface area (Å²) in [4.78, 5) is 7.39. The molecule has 2 aromatic carbocycles. The van der Waals surface area contributed by atoms with Gasteiger partial charge in [-0.15, -0.1) is 0 Å². The van der Waals surface area contributed by atoms with Crippen LogP contribution in [0.3, 0.4) is 0 Å². The lowest BCUT2D eigenvalue weighted by atomic mass is 9.76. The van der Waals surface area contributed by atoms with Crippen molar-refractivity contribution in [2.75, 3.05) is 7.05 Å². The first-order valence-electron chi connectivity index (χ1n) is 9.88. The molecule has 0 aliphatic carbocycles. The fourth-order valence-electron chi connectivity index (χ4n) is 5.03. The number of aryl methyl sites for hydroxylation is 1. The van der Waals surface area contributed by atoms with Crippen molar-refractivity contribution in [1.82, 2.24) is 15.0 Å². The van der Waals surface area contributed by atoms with Crippen LogP contribution in [-0.4, -0.2) is 34.2 Å². The monoisotopic (exact) mass is 359 g/mol. The zero-order valence-corrected chi connectivity index (χ0v) is 15.9. The van der Waals surface area contributed by atoms with Gasteiger partial charge in [0.15, 0.2) is 0 Å².